The first-order valence-corrected chi connectivity index (χ1v) is 3.86. The van der Waals surface area contributed by atoms with Gasteiger partial charge in [-0.15, -0.1) is 5.10 Å². The van der Waals surface area contributed by atoms with Crippen LogP contribution in [-0.4, -0.2) is 15.4 Å². The standard InChI is InChI=1S/C6H4N3OP/c10-11-5-3-1-2-4-6(5)8-9-7-4/h1-3H,(H,7,8,9). The molecule has 1 aromatic heterocycles. The minimum absolute atomic E-state index is 0.0206. The number of nitrogens with zero attached hydrogens (tertiary/aromatic N) is 2. The van der Waals surface area contributed by atoms with Crippen molar-refractivity contribution in [2.45, 2.75) is 0 Å². The lowest BCUT2D eigenvalue weighted by Crippen LogP contribution is -1.91. The lowest BCUT2D eigenvalue weighted by molar-refractivity contribution is 0.603. The van der Waals surface area contributed by atoms with Crippen molar-refractivity contribution >= 4 is 24.8 Å². The summed E-state index contributed by atoms with van der Waals surface area (Å²) in [6.45, 7) is 0. The van der Waals surface area contributed by atoms with Crippen molar-refractivity contribution in [2.75, 3.05) is 0 Å². The number of rotatable bonds is 1. The summed E-state index contributed by atoms with van der Waals surface area (Å²) in [4.78, 5) is 0. The van der Waals surface area contributed by atoms with E-state index in [1.54, 1.807) is 6.07 Å². The first-order valence-electron chi connectivity index (χ1n) is 3.05. The van der Waals surface area contributed by atoms with Crippen LogP contribution in [0.4, 0.5) is 0 Å². The fraction of sp³-hybridized carbons (Fsp3) is 0. The molecule has 11 heavy (non-hydrogen) atoms. The minimum Gasteiger partial charge on any atom is -0.269 e. The molecule has 0 unspecified atom stereocenters. The second kappa shape index (κ2) is 2.40. The van der Waals surface area contributed by atoms with Crippen molar-refractivity contribution < 1.29 is 4.57 Å². The van der Waals surface area contributed by atoms with E-state index in [2.05, 4.69) is 15.4 Å². The maximum Gasteiger partial charge on any atom is 0.194 e. The normalized spacial score (nSPS) is 10.9. The Labute approximate surface area is 63.8 Å². The van der Waals surface area contributed by atoms with Crippen LogP contribution in [0, 0.1) is 0 Å². The summed E-state index contributed by atoms with van der Waals surface area (Å²) in [5.41, 5.74) is 1.48. The molecule has 2 aromatic rings. The van der Waals surface area contributed by atoms with Crippen molar-refractivity contribution in [2.24, 2.45) is 0 Å². The van der Waals surface area contributed by atoms with Crippen molar-refractivity contribution in [1.29, 1.82) is 0 Å². The number of hydrogen-bond acceptors (Lipinski definition) is 3. The summed E-state index contributed by atoms with van der Waals surface area (Å²) >= 11 is 0. The Kier molecular flexibility index (Phi) is 1.40. The lowest BCUT2D eigenvalue weighted by Gasteiger charge is -1.86. The van der Waals surface area contributed by atoms with Gasteiger partial charge in [0.2, 0.25) is 0 Å². The van der Waals surface area contributed by atoms with Crippen molar-refractivity contribution in [3.05, 3.63) is 18.2 Å². The van der Waals surface area contributed by atoms with E-state index in [1.165, 1.54) is 0 Å². The van der Waals surface area contributed by atoms with Crippen LogP contribution < -0.4 is 5.30 Å². The fourth-order valence-electron chi connectivity index (χ4n) is 0.929. The summed E-state index contributed by atoms with van der Waals surface area (Å²) < 4.78 is 10.5. The number of benzene rings is 1. The molecule has 0 amide bonds. The molecule has 0 fully saturated rings. The Bertz CT molecular complexity index is 397. The molecule has 1 aromatic carbocycles. The fourth-order valence-corrected chi connectivity index (χ4v) is 1.33. The third kappa shape index (κ3) is 0.917. The lowest BCUT2D eigenvalue weighted by atomic mass is 10.3. The Balaban J connectivity index is 2.88. The Morgan fingerprint density at radius 2 is 2.36 bits per heavy atom. The highest BCUT2D eigenvalue weighted by Gasteiger charge is 2.01. The average Bonchev–Trinajstić information content (AvgIpc) is 2.50. The second-order valence-electron chi connectivity index (χ2n) is 2.08. The SMILES string of the molecule is O=Pc1cccc2[nH]nnc12. The molecule has 0 aliphatic carbocycles. The van der Waals surface area contributed by atoms with Gasteiger partial charge in [0, 0.05) is 0 Å². The monoisotopic (exact) mass is 165 g/mol. The van der Waals surface area contributed by atoms with Crippen molar-refractivity contribution in [1.82, 2.24) is 15.4 Å². The largest absolute Gasteiger partial charge is 0.269 e. The third-order valence-electron chi connectivity index (χ3n) is 1.43. The third-order valence-corrected chi connectivity index (χ3v) is 1.99. The van der Waals surface area contributed by atoms with Crippen LogP contribution in [-0.2, 0) is 4.57 Å². The minimum atomic E-state index is -0.0206. The van der Waals surface area contributed by atoms with Crippen molar-refractivity contribution in [3.63, 3.8) is 0 Å². The van der Waals surface area contributed by atoms with Gasteiger partial charge in [-0.25, -0.2) is 0 Å². The molecule has 0 saturated carbocycles. The molecule has 0 saturated heterocycles. The van der Waals surface area contributed by atoms with Crippen LogP contribution in [0.2, 0.25) is 0 Å². The molecule has 0 radical (unpaired) electrons. The van der Waals surface area contributed by atoms with Crippen LogP contribution >= 0.6 is 8.46 Å². The van der Waals surface area contributed by atoms with Gasteiger partial charge in [-0.1, -0.05) is 11.3 Å². The Morgan fingerprint density at radius 3 is 3.18 bits per heavy atom. The number of H-pyrrole nitrogens is 1. The average molecular weight is 165 g/mol. The molecule has 0 atom stereocenters. The molecule has 5 heteroatoms. The molecule has 0 aliphatic heterocycles. The highest BCUT2D eigenvalue weighted by Crippen LogP contribution is 2.08. The highest BCUT2D eigenvalue weighted by atomic mass is 31.1. The zero-order chi connectivity index (χ0) is 7.68. The van der Waals surface area contributed by atoms with Crippen LogP contribution in [0.3, 0.4) is 0 Å². The van der Waals surface area contributed by atoms with Crippen LogP contribution in [0.1, 0.15) is 0 Å². The van der Waals surface area contributed by atoms with Crippen LogP contribution in [0.5, 0.6) is 0 Å². The van der Waals surface area contributed by atoms with E-state index in [0.717, 1.165) is 5.52 Å². The smallest absolute Gasteiger partial charge is 0.194 e. The zero-order valence-electron chi connectivity index (χ0n) is 5.48. The van der Waals surface area contributed by atoms with Crippen molar-refractivity contribution in [3.8, 4) is 0 Å². The topological polar surface area (TPSA) is 58.6 Å². The molecule has 2 rings (SSSR count). The highest BCUT2D eigenvalue weighted by molar-refractivity contribution is 7.34. The predicted molar refractivity (Wildman–Crippen MR) is 41.1 cm³/mol. The number of nitrogens with one attached hydrogen (secondary N) is 1. The zero-order valence-corrected chi connectivity index (χ0v) is 6.38. The molecule has 4 nitrogen and oxygen atoms in total. The molecule has 0 spiro atoms. The summed E-state index contributed by atoms with van der Waals surface area (Å²) in [5.74, 6) is 0. The molecule has 1 N–H and O–H groups in total. The second-order valence-corrected chi connectivity index (χ2v) is 2.74. The molecule has 54 valence electrons. The first kappa shape index (κ1) is 6.43. The van der Waals surface area contributed by atoms with Gasteiger partial charge >= 0.3 is 0 Å². The Morgan fingerprint density at radius 1 is 1.45 bits per heavy atom. The molecule has 0 aliphatic rings. The quantitative estimate of drug-likeness (QED) is 0.638. The van der Waals surface area contributed by atoms with E-state index in [1.807, 2.05) is 12.1 Å². The van der Waals surface area contributed by atoms with E-state index >= 15 is 0 Å². The van der Waals surface area contributed by atoms with E-state index in [4.69, 9.17) is 0 Å². The Hall–Kier alpha value is -1.28. The maximum atomic E-state index is 10.5. The van der Waals surface area contributed by atoms with E-state index in [-0.39, 0.29) is 8.46 Å². The summed E-state index contributed by atoms with van der Waals surface area (Å²) in [5, 5.41) is 10.7. The van der Waals surface area contributed by atoms with Gasteiger partial charge in [-0.3, -0.25) is 9.66 Å². The van der Waals surface area contributed by atoms with Gasteiger partial charge in [-0.2, -0.15) is 0 Å². The maximum absolute atomic E-state index is 10.5. The van der Waals surface area contributed by atoms with Crippen LogP contribution in [0.25, 0.3) is 11.0 Å². The number of aromatic amines is 1. The van der Waals surface area contributed by atoms with Gasteiger partial charge in [0.05, 0.1) is 10.8 Å². The van der Waals surface area contributed by atoms with Gasteiger partial charge < -0.3 is 0 Å². The summed E-state index contributed by atoms with van der Waals surface area (Å²) in [6.07, 6.45) is 0. The van der Waals surface area contributed by atoms with Crippen LogP contribution in [0.15, 0.2) is 18.2 Å². The van der Waals surface area contributed by atoms with E-state index in [0.29, 0.717) is 10.8 Å². The molecular weight excluding hydrogens is 161 g/mol. The molecular formula is C6H4N3OP. The van der Waals surface area contributed by atoms with E-state index < -0.39 is 0 Å². The van der Waals surface area contributed by atoms with Gasteiger partial charge in [0.15, 0.2) is 8.46 Å². The van der Waals surface area contributed by atoms with Gasteiger partial charge in [0.25, 0.3) is 0 Å². The number of aromatic nitrogens is 3. The number of hydrogen-bond donors (Lipinski definition) is 1. The number of fused-ring (bicyclic) bond motifs is 1. The molecule has 1 heterocycles. The first-order chi connectivity index (χ1) is 5.42. The summed E-state index contributed by atoms with van der Waals surface area (Å²) in [7, 11) is -0.0206. The summed E-state index contributed by atoms with van der Waals surface area (Å²) in [6, 6.07) is 5.39. The van der Waals surface area contributed by atoms with E-state index in [9.17, 15) is 4.57 Å². The van der Waals surface area contributed by atoms with Gasteiger partial charge in [-0.05, 0) is 12.1 Å². The van der Waals surface area contributed by atoms with Gasteiger partial charge in [0.1, 0.15) is 5.52 Å². The predicted octanol–water partition coefficient (Wildman–Crippen LogP) is 0.875. The molecule has 0 bridgehead atoms.